The molecule has 0 amide bonds. The van der Waals surface area contributed by atoms with Gasteiger partial charge in [0.2, 0.25) is 0 Å². The molecule has 192 valence electrons. The number of alkyl halides is 1. The Hall–Kier alpha value is -2.98. The summed E-state index contributed by atoms with van der Waals surface area (Å²) in [5.74, 6) is 2.71. The molecule has 7 heteroatoms. The van der Waals surface area contributed by atoms with Crippen molar-refractivity contribution >= 4 is 0 Å². The van der Waals surface area contributed by atoms with E-state index in [2.05, 4.69) is 24.8 Å². The van der Waals surface area contributed by atoms with E-state index in [4.69, 9.17) is 18.9 Å². The van der Waals surface area contributed by atoms with E-state index in [1.165, 1.54) is 0 Å². The van der Waals surface area contributed by atoms with Crippen molar-refractivity contribution in [2.45, 2.75) is 38.5 Å². The third kappa shape index (κ3) is 7.02. The smallest absolute Gasteiger partial charge is 0.161 e. The van der Waals surface area contributed by atoms with E-state index in [1.54, 1.807) is 28.4 Å². The van der Waals surface area contributed by atoms with E-state index >= 15 is 0 Å². The maximum absolute atomic E-state index is 13.3. The number of hydrogen-bond acceptors (Lipinski definition) is 6. The maximum atomic E-state index is 13.3. The largest absolute Gasteiger partial charge is 0.493 e. The molecule has 2 aromatic rings. The van der Waals surface area contributed by atoms with Gasteiger partial charge in [0.15, 0.2) is 23.0 Å². The molecule has 0 heterocycles. The molecule has 2 aromatic carbocycles. The lowest BCUT2D eigenvalue weighted by Crippen LogP contribution is -2.34. The summed E-state index contributed by atoms with van der Waals surface area (Å²) in [7, 11) is 6.42. The zero-order valence-corrected chi connectivity index (χ0v) is 21.9. The topological polar surface area (TPSA) is 64.0 Å². The fourth-order valence-corrected chi connectivity index (χ4v) is 4.49. The van der Waals surface area contributed by atoms with E-state index in [9.17, 15) is 9.65 Å². The minimum Gasteiger partial charge on any atom is -0.493 e. The number of rotatable bonds is 15. The average Bonchev–Trinajstić information content (AvgIpc) is 2.88. The van der Waals surface area contributed by atoms with Crippen LogP contribution in [-0.2, 0) is 11.8 Å². The predicted molar refractivity (Wildman–Crippen MR) is 137 cm³/mol. The van der Waals surface area contributed by atoms with Gasteiger partial charge in [0, 0.05) is 13.1 Å². The number of ether oxygens (including phenoxy) is 4. The van der Waals surface area contributed by atoms with Crippen LogP contribution in [0.5, 0.6) is 23.0 Å². The van der Waals surface area contributed by atoms with E-state index in [-0.39, 0.29) is 5.92 Å². The molecule has 0 aromatic heterocycles. The third-order valence-electron chi connectivity index (χ3n) is 6.69. The molecule has 6 nitrogen and oxygen atoms in total. The van der Waals surface area contributed by atoms with Crippen LogP contribution in [0.3, 0.4) is 0 Å². The summed E-state index contributed by atoms with van der Waals surface area (Å²) in [6, 6.07) is 14.1. The third-order valence-corrected chi connectivity index (χ3v) is 6.69. The van der Waals surface area contributed by atoms with E-state index in [0.29, 0.717) is 42.5 Å². The van der Waals surface area contributed by atoms with Crippen molar-refractivity contribution in [3.8, 4) is 29.1 Å². The fraction of sp³-hybridized carbons (Fsp3) is 0.536. The molecular weight excluding hydrogens is 446 g/mol. The SMILES string of the molecule is COc1ccc(CCN(CC[18F])CCC[C@](C#N)(c2ccc(OC)c(OC)c2)C(C)C)cc1OC. The van der Waals surface area contributed by atoms with Gasteiger partial charge in [0.1, 0.15) is 6.67 Å². The second-order valence-corrected chi connectivity index (χ2v) is 8.88. The van der Waals surface area contributed by atoms with Crippen molar-refractivity contribution < 1.29 is 23.3 Å². The number of halogens is 1. The van der Waals surface area contributed by atoms with Gasteiger partial charge in [-0.15, -0.1) is 0 Å². The van der Waals surface area contributed by atoms with Crippen molar-refractivity contribution in [2.24, 2.45) is 5.92 Å². The van der Waals surface area contributed by atoms with Crippen LogP contribution < -0.4 is 18.9 Å². The average molecular weight is 486 g/mol. The lowest BCUT2D eigenvalue weighted by molar-refractivity contribution is 0.233. The Morgan fingerprint density at radius 2 is 1.46 bits per heavy atom. The minimum absolute atomic E-state index is 0.0898. The molecule has 35 heavy (non-hydrogen) atoms. The van der Waals surface area contributed by atoms with Crippen LogP contribution in [0.25, 0.3) is 0 Å². The first kappa shape index (κ1) is 28.3. The first-order chi connectivity index (χ1) is 16.9. The number of nitriles is 1. The quantitative estimate of drug-likeness (QED) is 0.335. The standard InChI is InChI=1S/C28H39FN2O4/c1-21(2)28(20-30,23-9-11-25(33-4)27(19-23)35-6)13-7-15-31(17-14-29)16-12-22-8-10-24(32-3)26(18-22)34-5/h8-11,18-19,21H,7,12-17H2,1-6H3/t28-/m1/s1/i29-1. The number of benzene rings is 2. The van der Waals surface area contributed by atoms with Gasteiger partial charge in [0.05, 0.1) is 39.9 Å². The molecule has 0 aliphatic carbocycles. The summed E-state index contributed by atoms with van der Waals surface area (Å²) >= 11 is 0. The zero-order valence-electron chi connectivity index (χ0n) is 21.9. The molecule has 0 unspecified atom stereocenters. The lowest BCUT2D eigenvalue weighted by Gasteiger charge is -2.33. The maximum Gasteiger partial charge on any atom is 0.161 e. The van der Waals surface area contributed by atoms with Gasteiger partial charge in [-0.25, -0.2) is 4.39 Å². The zero-order chi connectivity index (χ0) is 25.8. The molecule has 2 rings (SSSR count). The van der Waals surface area contributed by atoms with Crippen molar-refractivity contribution in [2.75, 3.05) is 54.7 Å². The van der Waals surface area contributed by atoms with Crippen molar-refractivity contribution in [3.05, 3.63) is 47.5 Å². The lowest BCUT2D eigenvalue weighted by atomic mass is 9.69. The number of methoxy groups -OCH3 is 4. The molecule has 1 atom stereocenters. The predicted octanol–water partition coefficient (Wildman–Crippen LogP) is 5.43. The van der Waals surface area contributed by atoms with Crippen molar-refractivity contribution in [1.29, 1.82) is 5.26 Å². The summed E-state index contributed by atoms with van der Waals surface area (Å²) in [5.41, 5.74) is 1.34. The Kier molecular flexibility index (Phi) is 11.1. The molecule has 0 saturated heterocycles. The second kappa shape index (κ2) is 13.8. The van der Waals surface area contributed by atoms with Gasteiger partial charge in [0.25, 0.3) is 0 Å². The molecule has 0 bridgehead atoms. The Bertz CT molecular complexity index is 976. The van der Waals surface area contributed by atoms with Crippen LogP contribution in [-0.4, -0.2) is 59.6 Å². The monoisotopic (exact) mass is 485 g/mol. The normalized spacial score (nSPS) is 12.8. The summed E-state index contributed by atoms with van der Waals surface area (Å²) in [4.78, 5) is 2.12. The molecule has 0 fully saturated rings. The Morgan fingerprint density at radius 1 is 0.857 bits per heavy atom. The highest BCUT2D eigenvalue weighted by atomic mass is 18.2. The molecule has 0 saturated carbocycles. The summed E-state index contributed by atoms with van der Waals surface area (Å²) in [5, 5.41) is 10.3. The van der Waals surface area contributed by atoms with E-state index < -0.39 is 12.1 Å². The highest BCUT2D eigenvalue weighted by molar-refractivity contribution is 5.47. The Labute approximate surface area is 209 Å². The van der Waals surface area contributed by atoms with Gasteiger partial charge >= 0.3 is 0 Å². The van der Waals surface area contributed by atoms with Gasteiger partial charge in [-0.05, 0) is 67.1 Å². The fourth-order valence-electron chi connectivity index (χ4n) is 4.49. The van der Waals surface area contributed by atoms with Gasteiger partial charge in [-0.3, -0.25) is 0 Å². The highest BCUT2D eigenvalue weighted by Crippen LogP contribution is 2.40. The molecule has 0 N–H and O–H groups in total. The van der Waals surface area contributed by atoms with Crippen molar-refractivity contribution in [3.63, 3.8) is 0 Å². The van der Waals surface area contributed by atoms with Gasteiger partial charge in [-0.1, -0.05) is 26.0 Å². The number of hydrogen-bond donors (Lipinski definition) is 0. The summed E-state index contributed by atoms with van der Waals surface area (Å²) in [6.07, 6.45) is 2.20. The Morgan fingerprint density at radius 3 is 2.00 bits per heavy atom. The number of nitrogens with zero attached hydrogens (tertiary/aromatic N) is 2. The molecular formula is C28H39FN2O4. The summed E-state index contributed by atoms with van der Waals surface area (Å²) in [6.45, 7) is 5.52. The van der Waals surface area contributed by atoms with E-state index in [1.807, 2.05) is 36.4 Å². The highest BCUT2D eigenvalue weighted by Gasteiger charge is 2.36. The van der Waals surface area contributed by atoms with Crippen LogP contribution in [0.2, 0.25) is 0 Å². The molecule has 0 spiro atoms. The summed E-state index contributed by atoms with van der Waals surface area (Å²) < 4.78 is 34.8. The van der Waals surface area contributed by atoms with Gasteiger partial charge in [-0.2, -0.15) is 5.26 Å². The molecule has 0 aliphatic heterocycles. The van der Waals surface area contributed by atoms with Crippen molar-refractivity contribution in [1.82, 2.24) is 4.90 Å². The van der Waals surface area contributed by atoms with Crippen LogP contribution in [0.4, 0.5) is 4.39 Å². The van der Waals surface area contributed by atoms with Crippen LogP contribution in [0, 0.1) is 17.2 Å². The first-order valence-electron chi connectivity index (χ1n) is 12.0. The van der Waals surface area contributed by atoms with Gasteiger partial charge < -0.3 is 23.8 Å². The van der Waals surface area contributed by atoms with Crippen LogP contribution in [0.1, 0.15) is 37.8 Å². The Balaban J connectivity index is 2.11. The van der Waals surface area contributed by atoms with E-state index in [0.717, 1.165) is 30.5 Å². The minimum atomic E-state index is -0.676. The van der Waals surface area contributed by atoms with Crippen LogP contribution in [0.15, 0.2) is 36.4 Å². The van der Waals surface area contributed by atoms with Crippen LogP contribution >= 0.6 is 0 Å². The molecule has 0 aliphatic rings. The first-order valence-corrected chi connectivity index (χ1v) is 12.0. The molecule has 0 radical (unpaired) electrons. The second-order valence-electron chi connectivity index (χ2n) is 8.88.